The fourth-order valence-corrected chi connectivity index (χ4v) is 1.82. The highest BCUT2D eigenvalue weighted by molar-refractivity contribution is 5.63. The summed E-state index contributed by atoms with van der Waals surface area (Å²) in [5.41, 5.74) is 2.22. The van der Waals surface area contributed by atoms with Gasteiger partial charge in [-0.1, -0.05) is 24.3 Å². The molecule has 1 unspecified atom stereocenters. The van der Waals surface area contributed by atoms with Crippen molar-refractivity contribution in [3.05, 3.63) is 48.2 Å². The van der Waals surface area contributed by atoms with Crippen LogP contribution in [0.25, 0.3) is 0 Å². The molecule has 0 aromatic heterocycles. The first kappa shape index (κ1) is 7.68. The number of allylic oxidation sites excluding steroid dienone is 2. The molecule has 0 bridgehead atoms. The van der Waals surface area contributed by atoms with Crippen molar-refractivity contribution in [2.24, 2.45) is 0 Å². The molecule has 0 fully saturated rings. The maximum absolute atomic E-state index is 5.85. The van der Waals surface area contributed by atoms with E-state index >= 15 is 0 Å². The Morgan fingerprint density at radius 1 is 1.29 bits per heavy atom. The van der Waals surface area contributed by atoms with Crippen molar-refractivity contribution in [1.82, 2.24) is 0 Å². The number of nitrogens with one attached hydrogen (secondary N) is 1. The Hall–Kier alpha value is -1.70. The van der Waals surface area contributed by atoms with E-state index in [9.17, 15) is 0 Å². The van der Waals surface area contributed by atoms with Crippen molar-refractivity contribution in [3.63, 3.8) is 0 Å². The largest absolute Gasteiger partial charge is 0.482 e. The molecule has 14 heavy (non-hydrogen) atoms. The maximum Gasteiger partial charge on any atom is 0.143 e. The predicted molar refractivity (Wildman–Crippen MR) is 56.3 cm³/mol. The van der Waals surface area contributed by atoms with Crippen LogP contribution in [-0.2, 0) is 0 Å². The van der Waals surface area contributed by atoms with Gasteiger partial charge in [-0.3, -0.25) is 0 Å². The monoisotopic (exact) mass is 185 g/mol. The van der Waals surface area contributed by atoms with Crippen LogP contribution in [0, 0.1) is 0 Å². The zero-order chi connectivity index (χ0) is 9.38. The van der Waals surface area contributed by atoms with Crippen LogP contribution in [0.1, 0.15) is 6.42 Å². The lowest BCUT2D eigenvalue weighted by atomic mass is 10.1. The topological polar surface area (TPSA) is 21.3 Å². The van der Waals surface area contributed by atoms with E-state index in [1.807, 2.05) is 24.3 Å². The first-order chi connectivity index (χ1) is 6.93. The number of rotatable bonds is 0. The summed E-state index contributed by atoms with van der Waals surface area (Å²) in [5.74, 6) is 0.949. The highest BCUT2D eigenvalue weighted by Crippen LogP contribution is 2.34. The SMILES string of the molecule is C1=CCC2Oc3ccccc3NC2=C1. The molecule has 2 heteroatoms. The van der Waals surface area contributed by atoms with Gasteiger partial charge in [0.2, 0.25) is 0 Å². The third-order valence-electron chi connectivity index (χ3n) is 2.54. The zero-order valence-electron chi connectivity index (χ0n) is 7.73. The van der Waals surface area contributed by atoms with Gasteiger partial charge >= 0.3 is 0 Å². The number of fused-ring (bicyclic) bond motifs is 2. The molecule has 1 heterocycles. The van der Waals surface area contributed by atoms with Crippen LogP contribution < -0.4 is 10.1 Å². The Kier molecular flexibility index (Phi) is 1.60. The minimum absolute atomic E-state index is 0.176. The maximum atomic E-state index is 5.85. The zero-order valence-corrected chi connectivity index (χ0v) is 7.73. The van der Waals surface area contributed by atoms with Gasteiger partial charge in [0.1, 0.15) is 11.9 Å². The van der Waals surface area contributed by atoms with Crippen molar-refractivity contribution in [3.8, 4) is 5.75 Å². The molecule has 0 radical (unpaired) electrons. The quantitative estimate of drug-likeness (QED) is 0.671. The minimum atomic E-state index is 0.176. The van der Waals surface area contributed by atoms with E-state index in [0.29, 0.717) is 0 Å². The Balaban J connectivity index is 2.03. The van der Waals surface area contributed by atoms with Gasteiger partial charge in [-0.2, -0.15) is 0 Å². The number of hydrogen-bond acceptors (Lipinski definition) is 2. The molecule has 1 N–H and O–H groups in total. The van der Waals surface area contributed by atoms with Gasteiger partial charge in [0.25, 0.3) is 0 Å². The Morgan fingerprint density at radius 2 is 2.21 bits per heavy atom. The molecule has 2 aliphatic rings. The molecule has 1 aromatic rings. The lowest BCUT2D eigenvalue weighted by Crippen LogP contribution is -2.29. The van der Waals surface area contributed by atoms with Gasteiger partial charge < -0.3 is 10.1 Å². The van der Waals surface area contributed by atoms with Crippen LogP contribution in [-0.4, -0.2) is 6.10 Å². The second-order valence-electron chi connectivity index (χ2n) is 3.51. The average Bonchev–Trinajstić information content (AvgIpc) is 2.26. The molecule has 70 valence electrons. The summed E-state index contributed by atoms with van der Waals surface area (Å²) >= 11 is 0. The molecule has 0 saturated heterocycles. The standard InChI is InChI=1S/C12H11NO/c1-3-7-11-9(5-1)13-10-6-2-4-8-12(10)14-11/h1-7,12-13H,8H2. The average molecular weight is 185 g/mol. The van der Waals surface area contributed by atoms with Crippen LogP contribution in [0.3, 0.4) is 0 Å². The normalized spacial score (nSPS) is 22.6. The summed E-state index contributed by atoms with van der Waals surface area (Å²) in [5, 5.41) is 3.38. The van der Waals surface area contributed by atoms with Crippen molar-refractivity contribution in [2.45, 2.75) is 12.5 Å². The minimum Gasteiger partial charge on any atom is -0.482 e. The summed E-state index contributed by atoms with van der Waals surface area (Å²) in [6.07, 6.45) is 7.40. The second kappa shape index (κ2) is 2.91. The van der Waals surface area contributed by atoms with E-state index in [1.165, 1.54) is 0 Å². The summed E-state index contributed by atoms with van der Waals surface area (Å²) in [4.78, 5) is 0. The van der Waals surface area contributed by atoms with Gasteiger partial charge in [-0.05, 0) is 18.2 Å². The number of ether oxygens (including phenoxy) is 1. The second-order valence-corrected chi connectivity index (χ2v) is 3.51. The molecule has 1 aliphatic heterocycles. The van der Waals surface area contributed by atoms with Crippen molar-refractivity contribution < 1.29 is 4.74 Å². The Morgan fingerprint density at radius 3 is 3.21 bits per heavy atom. The van der Waals surface area contributed by atoms with Gasteiger partial charge in [0, 0.05) is 6.42 Å². The third-order valence-corrected chi connectivity index (χ3v) is 2.54. The molecular weight excluding hydrogens is 174 g/mol. The van der Waals surface area contributed by atoms with E-state index < -0.39 is 0 Å². The molecule has 0 saturated carbocycles. The molecule has 1 atom stereocenters. The summed E-state index contributed by atoms with van der Waals surface area (Å²) < 4.78 is 5.85. The highest BCUT2D eigenvalue weighted by atomic mass is 16.5. The number of anilines is 1. The van der Waals surface area contributed by atoms with Crippen molar-refractivity contribution in [2.75, 3.05) is 5.32 Å². The summed E-state index contributed by atoms with van der Waals surface area (Å²) in [6, 6.07) is 8.03. The Labute approximate surface area is 82.9 Å². The molecule has 3 rings (SSSR count). The smallest absolute Gasteiger partial charge is 0.143 e. The lowest BCUT2D eigenvalue weighted by Gasteiger charge is -2.30. The molecule has 1 aromatic carbocycles. The van der Waals surface area contributed by atoms with Crippen molar-refractivity contribution in [1.29, 1.82) is 0 Å². The number of benzene rings is 1. The molecular formula is C12H11NO. The van der Waals surface area contributed by atoms with Crippen LogP contribution in [0.2, 0.25) is 0 Å². The van der Waals surface area contributed by atoms with Crippen LogP contribution >= 0.6 is 0 Å². The first-order valence-corrected chi connectivity index (χ1v) is 4.83. The number of para-hydroxylation sites is 2. The van der Waals surface area contributed by atoms with Crippen LogP contribution in [0.4, 0.5) is 5.69 Å². The highest BCUT2D eigenvalue weighted by Gasteiger charge is 2.23. The van der Waals surface area contributed by atoms with Gasteiger partial charge in [-0.25, -0.2) is 0 Å². The van der Waals surface area contributed by atoms with E-state index in [-0.39, 0.29) is 6.10 Å². The van der Waals surface area contributed by atoms with Gasteiger partial charge in [-0.15, -0.1) is 0 Å². The van der Waals surface area contributed by atoms with Crippen LogP contribution in [0.15, 0.2) is 48.2 Å². The van der Waals surface area contributed by atoms with E-state index in [1.54, 1.807) is 0 Å². The predicted octanol–water partition coefficient (Wildman–Crippen LogP) is 2.70. The van der Waals surface area contributed by atoms with Crippen molar-refractivity contribution >= 4 is 5.69 Å². The number of hydrogen-bond donors (Lipinski definition) is 1. The third kappa shape index (κ3) is 1.11. The van der Waals surface area contributed by atoms with E-state index in [0.717, 1.165) is 23.6 Å². The van der Waals surface area contributed by atoms with Crippen LogP contribution in [0.5, 0.6) is 5.75 Å². The first-order valence-electron chi connectivity index (χ1n) is 4.83. The fourth-order valence-electron chi connectivity index (χ4n) is 1.82. The van der Waals surface area contributed by atoms with Gasteiger partial charge in [0.15, 0.2) is 0 Å². The fraction of sp³-hybridized carbons (Fsp3) is 0.167. The summed E-state index contributed by atoms with van der Waals surface area (Å²) in [6.45, 7) is 0. The summed E-state index contributed by atoms with van der Waals surface area (Å²) in [7, 11) is 0. The van der Waals surface area contributed by atoms with Gasteiger partial charge in [0.05, 0.1) is 11.4 Å². The molecule has 0 spiro atoms. The molecule has 2 nitrogen and oxygen atoms in total. The lowest BCUT2D eigenvalue weighted by molar-refractivity contribution is 0.234. The van der Waals surface area contributed by atoms with E-state index in [4.69, 9.17) is 4.74 Å². The molecule has 1 aliphatic carbocycles. The van der Waals surface area contributed by atoms with E-state index in [2.05, 4.69) is 23.5 Å². The molecule has 0 amide bonds. The Bertz CT molecular complexity index is 420.